The van der Waals surface area contributed by atoms with E-state index < -0.39 is 5.60 Å². The minimum absolute atomic E-state index is 0.311. The lowest BCUT2D eigenvalue weighted by atomic mass is 9.74. The third kappa shape index (κ3) is 3.04. The SMILES string of the molecule is CCC1CCCC(O)(Cc2c(F)cccc2Cl)C1. The highest BCUT2D eigenvalue weighted by Gasteiger charge is 2.34. The number of rotatable bonds is 3. The molecule has 18 heavy (non-hydrogen) atoms. The topological polar surface area (TPSA) is 20.2 Å². The Labute approximate surface area is 113 Å². The van der Waals surface area contributed by atoms with Crippen LogP contribution in [0.15, 0.2) is 18.2 Å². The van der Waals surface area contributed by atoms with Gasteiger partial charge in [-0.2, -0.15) is 0 Å². The second-order valence-electron chi connectivity index (χ2n) is 5.47. The van der Waals surface area contributed by atoms with E-state index in [0.29, 0.717) is 22.9 Å². The van der Waals surface area contributed by atoms with Gasteiger partial charge in [-0.05, 0) is 30.9 Å². The Morgan fingerprint density at radius 1 is 1.50 bits per heavy atom. The molecule has 0 spiro atoms. The molecule has 3 heteroatoms. The summed E-state index contributed by atoms with van der Waals surface area (Å²) in [6.07, 6.45) is 5.09. The summed E-state index contributed by atoms with van der Waals surface area (Å²) in [6.45, 7) is 2.15. The van der Waals surface area contributed by atoms with E-state index in [1.807, 2.05) is 0 Å². The fraction of sp³-hybridized carbons (Fsp3) is 0.600. The second kappa shape index (κ2) is 5.58. The summed E-state index contributed by atoms with van der Waals surface area (Å²) in [7, 11) is 0. The lowest BCUT2D eigenvalue weighted by molar-refractivity contribution is -0.0167. The van der Waals surface area contributed by atoms with Crippen molar-refractivity contribution in [2.45, 2.75) is 51.0 Å². The first-order valence-electron chi connectivity index (χ1n) is 6.69. The highest BCUT2D eigenvalue weighted by molar-refractivity contribution is 6.31. The van der Waals surface area contributed by atoms with Crippen LogP contribution in [0.2, 0.25) is 5.02 Å². The van der Waals surface area contributed by atoms with Crippen LogP contribution in [-0.4, -0.2) is 10.7 Å². The lowest BCUT2D eigenvalue weighted by Crippen LogP contribution is -2.37. The first-order chi connectivity index (χ1) is 8.54. The zero-order valence-corrected chi connectivity index (χ0v) is 11.5. The summed E-state index contributed by atoms with van der Waals surface area (Å²) < 4.78 is 13.8. The maximum atomic E-state index is 13.8. The molecule has 0 radical (unpaired) electrons. The molecule has 0 amide bonds. The molecular formula is C15H20ClFO. The number of hydrogen-bond acceptors (Lipinski definition) is 1. The molecule has 1 aromatic carbocycles. The monoisotopic (exact) mass is 270 g/mol. The summed E-state index contributed by atoms with van der Waals surface area (Å²) in [5.74, 6) is 0.240. The van der Waals surface area contributed by atoms with Crippen LogP contribution < -0.4 is 0 Å². The number of hydrogen-bond donors (Lipinski definition) is 1. The molecule has 0 aromatic heterocycles. The van der Waals surface area contributed by atoms with Crippen molar-refractivity contribution in [3.8, 4) is 0 Å². The summed E-state index contributed by atoms with van der Waals surface area (Å²) in [4.78, 5) is 0. The molecule has 0 bridgehead atoms. The Balaban J connectivity index is 2.17. The third-order valence-corrected chi connectivity index (χ3v) is 4.42. The van der Waals surface area contributed by atoms with Crippen LogP contribution in [0.5, 0.6) is 0 Å². The van der Waals surface area contributed by atoms with Gasteiger partial charge in [-0.15, -0.1) is 0 Å². The van der Waals surface area contributed by atoms with Crippen molar-refractivity contribution in [2.24, 2.45) is 5.92 Å². The van der Waals surface area contributed by atoms with Crippen molar-refractivity contribution in [2.75, 3.05) is 0 Å². The van der Waals surface area contributed by atoms with Gasteiger partial charge in [0.1, 0.15) is 5.82 Å². The van der Waals surface area contributed by atoms with E-state index in [1.54, 1.807) is 12.1 Å². The molecule has 1 fully saturated rings. The van der Waals surface area contributed by atoms with Crippen molar-refractivity contribution < 1.29 is 9.50 Å². The van der Waals surface area contributed by atoms with Gasteiger partial charge in [-0.1, -0.05) is 43.9 Å². The molecule has 1 nitrogen and oxygen atoms in total. The zero-order chi connectivity index (χ0) is 13.2. The van der Waals surface area contributed by atoms with E-state index in [2.05, 4.69) is 6.92 Å². The summed E-state index contributed by atoms with van der Waals surface area (Å²) in [6, 6.07) is 4.69. The molecule has 0 aliphatic heterocycles. The van der Waals surface area contributed by atoms with Crippen molar-refractivity contribution in [1.82, 2.24) is 0 Å². The summed E-state index contributed by atoms with van der Waals surface area (Å²) in [5, 5.41) is 11.1. The Hall–Kier alpha value is -0.600. The molecule has 1 saturated carbocycles. The normalized spacial score (nSPS) is 28.3. The number of benzene rings is 1. The van der Waals surface area contributed by atoms with Crippen LogP contribution in [0.4, 0.5) is 4.39 Å². The quantitative estimate of drug-likeness (QED) is 0.866. The van der Waals surface area contributed by atoms with Crippen LogP contribution in [0.25, 0.3) is 0 Å². The first-order valence-corrected chi connectivity index (χ1v) is 7.07. The fourth-order valence-electron chi connectivity index (χ4n) is 3.00. The van der Waals surface area contributed by atoms with Crippen molar-refractivity contribution >= 4 is 11.6 Å². The Bertz CT molecular complexity index is 401. The maximum absolute atomic E-state index is 13.8. The molecule has 0 heterocycles. The lowest BCUT2D eigenvalue weighted by Gasteiger charge is -2.37. The molecular weight excluding hydrogens is 251 g/mol. The van der Waals surface area contributed by atoms with Crippen molar-refractivity contribution in [3.63, 3.8) is 0 Å². The minimum atomic E-state index is -0.787. The van der Waals surface area contributed by atoms with Gasteiger partial charge in [0.15, 0.2) is 0 Å². The highest BCUT2D eigenvalue weighted by atomic mass is 35.5. The molecule has 2 unspecified atom stereocenters. The summed E-state index contributed by atoms with van der Waals surface area (Å²) >= 11 is 6.03. The van der Waals surface area contributed by atoms with Gasteiger partial charge in [0.25, 0.3) is 0 Å². The predicted octanol–water partition coefficient (Wildman–Crippen LogP) is 4.35. The van der Waals surface area contributed by atoms with Gasteiger partial charge >= 0.3 is 0 Å². The van der Waals surface area contributed by atoms with E-state index in [0.717, 1.165) is 25.7 Å². The molecule has 2 atom stereocenters. The van der Waals surface area contributed by atoms with Gasteiger partial charge < -0.3 is 5.11 Å². The van der Waals surface area contributed by atoms with Crippen LogP contribution in [0.1, 0.15) is 44.6 Å². The molecule has 0 saturated heterocycles. The van der Waals surface area contributed by atoms with Gasteiger partial charge in [-0.3, -0.25) is 0 Å². The highest BCUT2D eigenvalue weighted by Crippen LogP contribution is 2.37. The molecule has 100 valence electrons. The standard InChI is InChI=1S/C15H20ClFO/c1-2-11-5-4-8-15(18,9-11)10-12-13(16)6-3-7-14(12)17/h3,6-7,11,18H,2,4-5,8-10H2,1H3. The maximum Gasteiger partial charge on any atom is 0.127 e. The fourth-order valence-corrected chi connectivity index (χ4v) is 3.23. The van der Waals surface area contributed by atoms with Gasteiger partial charge in [-0.25, -0.2) is 4.39 Å². The summed E-state index contributed by atoms with van der Waals surface area (Å²) in [5.41, 5.74) is -0.330. The van der Waals surface area contributed by atoms with Gasteiger partial charge in [0, 0.05) is 17.0 Å². The van der Waals surface area contributed by atoms with Gasteiger partial charge in [0.05, 0.1) is 5.60 Å². The number of halogens is 2. The van der Waals surface area contributed by atoms with Crippen LogP contribution in [-0.2, 0) is 6.42 Å². The van der Waals surface area contributed by atoms with Crippen molar-refractivity contribution in [1.29, 1.82) is 0 Å². The molecule has 1 aliphatic carbocycles. The van der Waals surface area contributed by atoms with E-state index >= 15 is 0 Å². The van der Waals surface area contributed by atoms with Gasteiger partial charge in [0.2, 0.25) is 0 Å². The smallest absolute Gasteiger partial charge is 0.127 e. The Kier molecular flexibility index (Phi) is 4.29. The largest absolute Gasteiger partial charge is 0.390 e. The van der Waals surface area contributed by atoms with Crippen LogP contribution in [0, 0.1) is 11.7 Å². The van der Waals surface area contributed by atoms with Crippen LogP contribution in [0.3, 0.4) is 0 Å². The molecule has 1 aliphatic rings. The predicted molar refractivity (Wildman–Crippen MR) is 72.3 cm³/mol. The average molecular weight is 271 g/mol. The Morgan fingerprint density at radius 2 is 2.28 bits per heavy atom. The second-order valence-corrected chi connectivity index (χ2v) is 5.88. The Morgan fingerprint density at radius 3 is 2.94 bits per heavy atom. The minimum Gasteiger partial charge on any atom is -0.390 e. The average Bonchev–Trinajstić information content (AvgIpc) is 2.34. The molecule has 1 N–H and O–H groups in total. The van der Waals surface area contributed by atoms with E-state index in [1.165, 1.54) is 12.5 Å². The third-order valence-electron chi connectivity index (χ3n) is 4.07. The van der Waals surface area contributed by atoms with E-state index in [9.17, 15) is 9.50 Å². The molecule has 1 aromatic rings. The van der Waals surface area contributed by atoms with Crippen molar-refractivity contribution in [3.05, 3.63) is 34.6 Å². The van der Waals surface area contributed by atoms with E-state index in [4.69, 9.17) is 11.6 Å². The van der Waals surface area contributed by atoms with E-state index in [-0.39, 0.29) is 5.82 Å². The molecule has 2 rings (SSSR count). The number of aliphatic hydroxyl groups is 1. The first kappa shape index (κ1) is 13.8. The van der Waals surface area contributed by atoms with Crippen LogP contribution >= 0.6 is 11.6 Å². The zero-order valence-electron chi connectivity index (χ0n) is 10.8.